The second-order valence-electron chi connectivity index (χ2n) is 7.03. The number of amides is 1. The maximum Gasteiger partial charge on any atom is 0.329 e. The Morgan fingerprint density at radius 1 is 1.20 bits per heavy atom. The van der Waals surface area contributed by atoms with Gasteiger partial charge in [-0.15, -0.1) is 0 Å². The van der Waals surface area contributed by atoms with Crippen LogP contribution in [0.5, 0.6) is 0 Å². The molecule has 1 aromatic rings. The lowest BCUT2D eigenvalue weighted by molar-refractivity contribution is -0.143. The Morgan fingerprint density at radius 2 is 1.87 bits per heavy atom. The molecular formula is C19H25N3O6S2. The van der Waals surface area contributed by atoms with E-state index in [0.717, 1.165) is 24.5 Å². The molecule has 1 amide bonds. The summed E-state index contributed by atoms with van der Waals surface area (Å²) in [5, 5.41) is 8.82. The van der Waals surface area contributed by atoms with Crippen molar-refractivity contribution in [1.82, 2.24) is 0 Å². The Hall–Kier alpha value is -2.11. The fourth-order valence-corrected chi connectivity index (χ4v) is 7.58. The fourth-order valence-electron chi connectivity index (χ4n) is 3.64. The summed E-state index contributed by atoms with van der Waals surface area (Å²) in [5.74, 6) is -1.73. The molecule has 30 heavy (non-hydrogen) atoms. The largest absolute Gasteiger partial charge is 0.480 e. The summed E-state index contributed by atoms with van der Waals surface area (Å²) in [7, 11) is -3.15. The molecule has 164 valence electrons. The Balaban J connectivity index is 1.85. The van der Waals surface area contributed by atoms with Gasteiger partial charge in [0.05, 0.1) is 17.5 Å². The number of fused-ring (bicyclic) bond motifs is 1. The van der Waals surface area contributed by atoms with Crippen LogP contribution in [-0.4, -0.2) is 79.7 Å². The van der Waals surface area contributed by atoms with E-state index in [2.05, 4.69) is 23.7 Å². The summed E-state index contributed by atoms with van der Waals surface area (Å²) in [6.45, 7) is 4.87. The quantitative estimate of drug-likeness (QED) is 0.618. The van der Waals surface area contributed by atoms with Gasteiger partial charge in [-0.3, -0.25) is 4.79 Å². The van der Waals surface area contributed by atoms with Crippen molar-refractivity contribution < 1.29 is 27.9 Å². The van der Waals surface area contributed by atoms with Crippen LogP contribution in [0.2, 0.25) is 0 Å². The minimum Gasteiger partial charge on any atom is -0.480 e. The van der Waals surface area contributed by atoms with E-state index >= 15 is 0 Å². The molecule has 11 heteroatoms. The number of carboxylic acids is 1. The number of carboxylic acid groups (broad SMARTS) is 1. The second-order valence-corrected chi connectivity index (χ2v) is 10.4. The predicted octanol–water partition coefficient (Wildman–Crippen LogP) is 1.24. The summed E-state index contributed by atoms with van der Waals surface area (Å²) >= 11 is 1.27. The summed E-state index contributed by atoms with van der Waals surface area (Å²) in [4.78, 5) is 30.8. The lowest BCUT2D eigenvalue weighted by Gasteiger charge is -2.26. The molecule has 2 aliphatic rings. The van der Waals surface area contributed by atoms with Crippen molar-refractivity contribution in [3.63, 3.8) is 0 Å². The van der Waals surface area contributed by atoms with E-state index in [9.17, 15) is 18.0 Å². The van der Waals surface area contributed by atoms with Gasteiger partial charge in [-0.25, -0.2) is 13.2 Å². The van der Waals surface area contributed by atoms with Crippen molar-refractivity contribution in [2.75, 3.05) is 47.6 Å². The molecule has 1 aromatic carbocycles. The number of hydrogen-bond acceptors (Lipinski definition) is 7. The van der Waals surface area contributed by atoms with Gasteiger partial charge in [0.25, 0.3) is 5.91 Å². The fraction of sp³-hybridized carbons (Fsp3) is 0.526. The molecule has 2 saturated heterocycles. The van der Waals surface area contributed by atoms with Crippen molar-refractivity contribution in [1.29, 1.82) is 0 Å². The van der Waals surface area contributed by atoms with E-state index in [1.165, 1.54) is 11.8 Å². The molecule has 0 saturated carbocycles. The number of aliphatic carboxylic acids is 1. The third-order valence-electron chi connectivity index (χ3n) is 4.99. The van der Waals surface area contributed by atoms with Crippen LogP contribution >= 0.6 is 11.8 Å². The highest BCUT2D eigenvalue weighted by molar-refractivity contribution is 8.16. The average molecular weight is 456 g/mol. The average Bonchev–Trinajstić information content (AvgIpc) is 3.13. The first-order chi connectivity index (χ1) is 14.2. The van der Waals surface area contributed by atoms with Crippen molar-refractivity contribution in [2.45, 2.75) is 25.1 Å². The second kappa shape index (κ2) is 9.36. The molecule has 0 spiro atoms. The first kappa shape index (κ1) is 22.6. The van der Waals surface area contributed by atoms with Gasteiger partial charge in [0.15, 0.2) is 15.0 Å². The van der Waals surface area contributed by atoms with Crippen LogP contribution in [0.1, 0.15) is 13.8 Å². The molecule has 0 aromatic heterocycles. The van der Waals surface area contributed by atoms with E-state index in [0.29, 0.717) is 5.17 Å². The normalized spacial score (nSPS) is 23.5. The van der Waals surface area contributed by atoms with Crippen molar-refractivity contribution >= 4 is 50.0 Å². The number of carbonyl (C=O) groups excluding carboxylic acids is 1. The minimum absolute atomic E-state index is 0.00515. The number of carbonyl (C=O) groups is 2. The highest BCUT2D eigenvalue weighted by Crippen LogP contribution is 2.41. The van der Waals surface area contributed by atoms with Gasteiger partial charge < -0.3 is 19.6 Å². The summed E-state index contributed by atoms with van der Waals surface area (Å²) in [6, 6.07) is 7.45. The lowest BCUT2D eigenvalue weighted by Crippen LogP contribution is -2.37. The van der Waals surface area contributed by atoms with E-state index < -0.39 is 34.9 Å². The van der Waals surface area contributed by atoms with Crippen LogP contribution in [0.15, 0.2) is 29.3 Å². The highest BCUT2D eigenvalue weighted by atomic mass is 32.2. The van der Waals surface area contributed by atoms with Crippen molar-refractivity contribution in [2.24, 2.45) is 4.99 Å². The van der Waals surface area contributed by atoms with Gasteiger partial charge in [0, 0.05) is 29.7 Å². The monoisotopic (exact) mass is 455 g/mol. The van der Waals surface area contributed by atoms with Crippen LogP contribution in [0.25, 0.3) is 0 Å². The van der Waals surface area contributed by atoms with Crippen LogP contribution in [0.3, 0.4) is 0 Å². The Bertz CT molecular complexity index is 928. The zero-order chi connectivity index (χ0) is 21.9. The van der Waals surface area contributed by atoms with E-state index in [1.807, 2.05) is 24.3 Å². The Kier molecular flexibility index (Phi) is 7.04. The number of ether oxygens (including phenoxy) is 1. The zero-order valence-electron chi connectivity index (χ0n) is 16.9. The molecule has 9 nitrogen and oxygen atoms in total. The molecule has 2 heterocycles. The zero-order valence-corrected chi connectivity index (χ0v) is 18.5. The maximum atomic E-state index is 12.2. The SMILES string of the molecule is CCN(CC)c1ccc(N2C(=NC(=O)COCC(=O)O)S[C@H]3CS(=O)(=O)C[C@H]32)cc1. The number of aliphatic imine (C=N–C) groups is 1. The molecule has 2 atom stereocenters. The van der Waals surface area contributed by atoms with E-state index in [-0.39, 0.29) is 22.8 Å². The third kappa shape index (κ3) is 5.13. The number of rotatable bonds is 8. The molecule has 0 unspecified atom stereocenters. The molecule has 3 rings (SSSR count). The molecule has 0 radical (unpaired) electrons. The number of hydrogen-bond donors (Lipinski definition) is 1. The van der Waals surface area contributed by atoms with Crippen LogP contribution in [0.4, 0.5) is 11.4 Å². The number of amidine groups is 1. The van der Waals surface area contributed by atoms with E-state index in [4.69, 9.17) is 9.84 Å². The minimum atomic E-state index is -3.15. The summed E-state index contributed by atoms with van der Waals surface area (Å²) < 4.78 is 29.1. The number of benzene rings is 1. The van der Waals surface area contributed by atoms with Gasteiger partial charge in [-0.2, -0.15) is 4.99 Å². The highest BCUT2D eigenvalue weighted by Gasteiger charge is 2.49. The van der Waals surface area contributed by atoms with E-state index in [1.54, 1.807) is 4.90 Å². The number of thioether (sulfide) groups is 1. The molecule has 1 N–H and O–H groups in total. The number of nitrogens with zero attached hydrogens (tertiary/aromatic N) is 3. The smallest absolute Gasteiger partial charge is 0.329 e. The summed E-state index contributed by atoms with van der Waals surface area (Å²) in [5.41, 5.74) is 1.82. The van der Waals surface area contributed by atoms with Gasteiger partial charge in [0.2, 0.25) is 0 Å². The van der Waals surface area contributed by atoms with Crippen LogP contribution in [-0.2, 0) is 24.2 Å². The number of sulfone groups is 1. The van der Waals surface area contributed by atoms with Crippen molar-refractivity contribution in [3.8, 4) is 0 Å². The molecule has 2 fully saturated rings. The maximum absolute atomic E-state index is 12.2. The molecule has 0 bridgehead atoms. The lowest BCUT2D eigenvalue weighted by atomic mass is 10.2. The van der Waals surface area contributed by atoms with Crippen LogP contribution < -0.4 is 9.80 Å². The number of anilines is 2. The standard InChI is InChI=1S/C19H25N3O6S2/c1-3-21(4-2)13-5-7-14(8-6-13)22-15-11-30(26,27)12-16(15)29-19(22)20-17(23)9-28-10-18(24)25/h5-8,15-16H,3-4,9-12H2,1-2H3,(H,24,25)/t15-,16+/m1/s1. The third-order valence-corrected chi connectivity index (χ3v) is 8.20. The van der Waals surface area contributed by atoms with Gasteiger partial charge in [0.1, 0.15) is 13.2 Å². The Morgan fingerprint density at radius 3 is 2.47 bits per heavy atom. The predicted molar refractivity (Wildman–Crippen MR) is 117 cm³/mol. The van der Waals surface area contributed by atoms with Gasteiger partial charge in [-0.05, 0) is 38.1 Å². The van der Waals surface area contributed by atoms with Crippen molar-refractivity contribution in [3.05, 3.63) is 24.3 Å². The first-order valence-electron chi connectivity index (χ1n) is 9.66. The first-order valence-corrected chi connectivity index (χ1v) is 12.4. The summed E-state index contributed by atoms with van der Waals surface area (Å²) in [6.07, 6.45) is 0. The van der Waals surface area contributed by atoms with Crippen LogP contribution in [0, 0.1) is 0 Å². The van der Waals surface area contributed by atoms with Gasteiger partial charge in [-0.1, -0.05) is 11.8 Å². The molecular weight excluding hydrogens is 430 g/mol. The van der Waals surface area contributed by atoms with Gasteiger partial charge >= 0.3 is 5.97 Å². The molecule has 0 aliphatic carbocycles. The topological polar surface area (TPSA) is 117 Å². The molecule has 2 aliphatic heterocycles. The Labute approximate surface area is 180 Å².